The molecule has 0 spiro atoms. The number of amides is 1. The van der Waals surface area contributed by atoms with Gasteiger partial charge in [0, 0.05) is 36.4 Å². The first kappa shape index (κ1) is 21.2. The number of hydrogen-bond acceptors (Lipinski definition) is 6. The van der Waals surface area contributed by atoms with Crippen molar-refractivity contribution < 1.29 is 28.5 Å². The van der Waals surface area contributed by atoms with Crippen LogP contribution in [-0.2, 0) is 20.9 Å². The number of rotatable bonds is 7. The quantitative estimate of drug-likeness (QED) is 0.497. The summed E-state index contributed by atoms with van der Waals surface area (Å²) in [6, 6.07) is 9.84. The van der Waals surface area contributed by atoms with Gasteiger partial charge >= 0.3 is 5.97 Å². The van der Waals surface area contributed by atoms with E-state index in [1.807, 2.05) is 37.3 Å². The van der Waals surface area contributed by atoms with E-state index in [2.05, 4.69) is 0 Å². The SMILES string of the molecule is COc1c(C)c(OC)c2c(c1OC(C)=O)C(COCc1ccccc1)C1CCC(=O)N21. The van der Waals surface area contributed by atoms with Crippen molar-refractivity contribution in [3.63, 3.8) is 0 Å². The maximum absolute atomic E-state index is 12.8. The molecule has 1 saturated heterocycles. The molecule has 2 unspecified atom stereocenters. The predicted molar refractivity (Wildman–Crippen MR) is 115 cm³/mol. The number of carbonyl (C=O) groups is 2. The van der Waals surface area contributed by atoms with E-state index in [4.69, 9.17) is 18.9 Å². The van der Waals surface area contributed by atoms with Crippen LogP contribution in [0.1, 0.15) is 42.4 Å². The third kappa shape index (κ3) is 3.63. The van der Waals surface area contributed by atoms with E-state index < -0.39 is 5.97 Å². The highest BCUT2D eigenvalue weighted by Gasteiger charge is 2.50. The third-order valence-electron chi connectivity index (χ3n) is 6.00. The lowest BCUT2D eigenvalue weighted by atomic mass is 9.91. The smallest absolute Gasteiger partial charge is 0.308 e. The molecule has 2 heterocycles. The summed E-state index contributed by atoms with van der Waals surface area (Å²) in [5.74, 6) is 0.767. The maximum Gasteiger partial charge on any atom is 0.308 e. The van der Waals surface area contributed by atoms with Crippen molar-refractivity contribution in [1.29, 1.82) is 0 Å². The molecular weight excluding hydrogens is 398 g/mol. The molecule has 1 fully saturated rings. The fourth-order valence-electron chi connectivity index (χ4n) is 4.77. The molecular formula is C24H27NO6. The Morgan fingerprint density at radius 1 is 1.10 bits per heavy atom. The monoisotopic (exact) mass is 425 g/mol. The molecule has 31 heavy (non-hydrogen) atoms. The molecule has 0 bridgehead atoms. The molecule has 0 aromatic heterocycles. The number of esters is 1. The minimum absolute atomic E-state index is 0.0356. The van der Waals surface area contributed by atoms with E-state index >= 15 is 0 Å². The number of methoxy groups -OCH3 is 2. The summed E-state index contributed by atoms with van der Waals surface area (Å²) in [5.41, 5.74) is 3.15. The topological polar surface area (TPSA) is 74.3 Å². The van der Waals surface area contributed by atoms with Gasteiger partial charge in [0.2, 0.25) is 5.91 Å². The normalized spacial score (nSPS) is 19.2. The summed E-state index contributed by atoms with van der Waals surface area (Å²) >= 11 is 0. The zero-order valence-electron chi connectivity index (χ0n) is 18.3. The van der Waals surface area contributed by atoms with E-state index in [1.165, 1.54) is 14.0 Å². The van der Waals surface area contributed by atoms with Gasteiger partial charge in [-0.05, 0) is 18.9 Å². The van der Waals surface area contributed by atoms with E-state index in [0.717, 1.165) is 11.1 Å². The first-order valence-electron chi connectivity index (χ1n) is 10.4. The number of ether oxygens (including phenoxy) is 4. The second-order valence-corrected chi connectivity index (χ2v) is 7.85. The van der Waals surface area contributed by atoms with Gasteiger partial charge in [-0.15, -0.1) is 0 Å². The fraction of sp³-hybridized carbons (Fsp3) is 0.417. The number of benzene rings is 2. The summed E-state index contributed by atoms with van der Waals surface area (Å²) in [5, 5.41) is 0. The average molecular weight is 425 g/mol. The molecule has 0 radical (unpaired) electrons. The average Bonchev–Trinajstić information content (AvgIpc) is 3.27. The lowest BCUT2D eigenvalue weighted by Crippen LogP contribution is -2.32. The molecule has 1 amide bonds. The van der Waals surface area contributed by atoms with Gasteiger partial charge in [-0.25, -0.2) is 0 Å². The maximum atomic E-state index is 12.8. The lowest BCUT2D eigenvalue weighted by molar-refractivity contribution is -0.132. The minimum atomic E-state index is -0.451. The lowest BCUT2D eigenvalue weighted by Gasteiger charge is -2.22. The summed E-state index contributed by atoms with van der Waals surface area (Å²) in [4.78, 5) is 26.6. The summed E-state index contributed by atoms with van der Waals surface area (Å²) < 4.78 is 23.1. The second-order valence-electron chi connectivity index (χ2n) is 7.85. The molecule has 2 aliphatic heterocycles. The van der Waals surface area contributed by atoms with E-state index in [0.29, 0.717) is 54.6 Å². The van der Waals surface area contributed by atoms with Crippen LogP contribution in [0, 0.1) is 6.92 Å². The molecule has 7 heteroatoms. The Morgan fingerprint density at radius 3 is 2.45 bits per heavy atom. The van der Waals surface area contributed by atoms with Crippen LogP contribution < -0.4 is 19.1 Å². The number of nitrogens with zero attached hydrogens (tertiary/aromatic N) is 1. The van der Waals surface area contributed by atoms with Crippen molar-refractivity contribution in [1.82, 2.24) is 0 Å². The van der Waals surface area contributed by atoms with Gasteiger partial charge in [0.05, 0.1) is 33.1 Å². The van der Waals surface area contributed by atoms with Gasteiger partial charge < -0.3 is 23.8 Å². The number of anilines is 1. The molecule has 2 aromatic rings. The molecule has 164 valence electrons. The van der Waals surface area contributed by atoms with Crippen LogP contribution in [0.25, 0.3) is 0 Å². The van der Waals surface area contributed by atoms with Gasteiger partial charge in [0.1, 0.15) is 5.75 Å². The first-order valence-corrected chi connectivity index (χ1v) is 10.4. The molecule has 2 aromatic carbocycles. The van der Waals surface area contributed by atoms with E-state index in [9.17, 15) is 9.59 Å². The Kier molecular flexibility index (Phi) is 5.87. The van der Waals surface area contributed by atoms with Crippen LogP contribution in [0.3, 0.4) is 0 Å². The van der Waals surface area contributed by atoms with Gasteiger partial charge in [0.15, 0.2) is 11.5 Å². The fourth-order valence-corrected chi connectivity index (χ4v) is 4.77. The summed E-state index contributed by atoms with van der Waals surface area (Å²) in [6.45, 7) is 4.02. The Hall–Kier alpha value is -3.06. The first-order chi connectivity index (χ1) is 15.0. The van der Waals surface area contributed by atoms with Crippen LogP contribution in [-0.4, -0.2) is 38.7 Å². The van der Waals surface area contributed by atoms with Crippen molar-refractivity contribution in [2.45, 2.75) is 45.3 Å². The van der Waals surface area contributed by atoms with Crippen LogP contribution >= 0.6 is 0 Å². The van der Waals surface area contributed by atoms with Gasteiger partial charge in [-0.2, -0.15) is 0 Å². The largest absolute Gasteiger partial charge is 0.494 e. The third-order valence-corrected chi connectivity index (χ3v) is 6.00. The Balaban J connectivity index is 1.79. The van der Waals surface area contributed by atoms with Crippen molar-refractivity contribution in [3.8, 4) is 17.2 Å². The van der Waals surface area contributed by atoms with Crippen LogP contribution in [0.5, 0.6) is 17.2 Å². The highest BCUT2D eigenvalue weighted by atomic mass is 16.6. The zero-order valence-corrected chi connectivity index (χ0v) is 18.3. The molecule has 4 rings (SSSR count). The standard InChI is InChI=1S/C24H27NO6/c1-14-22(28-3)21-20(24(23(14)29-4)31-15(2)26)17(18-10-11-19(27)25(18)21)13-30-12-16-8-6-5-7-9-16/h5-9,17-18H,10-13H2,1-4H3. The zero-order chi connectivity index (χ0) is 22.1. The van der Waals surface area contributed by atoms with Crippen LogP contribution in [0.4, 0.5) is 5.69 Å². The van der Waals surface area contributed by atoms with Crippen molar-refractivity contribution in [3.05, 3.63) is 47.0 Å². The van der Waals surface area contributed by atoms with Crippen LogP contribution in [0.2, 0.25) is 0 Å². The Labute approximate surface area is 181 Å². The number of carbonyl (C=O) groups excluding carboxylic acids is 2. The van der Waals surface area contributed by atoms with Crippen LogP contribution in [0.15, 0.2) is 30.3 Å². The van der Waals surface area contributed by atoms with E-state index in [1.54, 1.807) is 12.0 Å². The van der Waals surface area contributed by atoms with Crippen molar-refractivity contribution >= 4 is 17.6 Å². The van der Waals surface area contributed by atoms with Crippen molar-refractivity contribution in [2.75, 3.05) is 25.7 Å². The Bertz CT molecular complexity index is 1000. The Morgan fingerprint density at radius 2 is 1.81 bits per heavy atom. The van der Waals surface area contributed by atoms with Gasteiger partial charge in [-0.3, -0.25) is 9.59 Å². The molecule has 2 aliphatic rings. The highest BCUT2D eigenvalue weighted by Crippen LogP contribution is 2.58. The number of hydrogen-bond donors (Lipinski definition) is 0. The van der Waals surface area contributed by atoms with Gasteiger partial charge in [0.25, 0.3) is 0 Å². The van der Waals surface area contributed by atoms with E-state index in [-0.39, 0.29) is 17.9 Å². The summed E-state index contributed by atoms with van der Waals surface area (Å²) in [6.07, 6.45) is 1.17. The molecule has 0 aliphatic carbocycles. The molecule has 0 N–H and O–H groups in total. The summed E-state index contributed by atoms with van der Waals surface area (Å²) in [7, 11) is 3.10. The van der Waals surface area contributed by atoms with Gasteiger partial charge in [-0.1, -0.05) is 30.3 Å². The van der Waals surface area contributed by atoms with Crippen molar-refractivity contribution in [2.24, 2.45) is 0 Å². The minimum Gasteiger partial charge on any atom is -0.494 e. The second kappa shape index (κ2) is 8.59. The molecule has 0 saturated carbocycles. The molecule has 7 nitrogen and oxygen atoms in total. The highest BCUT2D eigenvalue weighted by molar-refractivity contribution is 6.02. The molecule has 2 atom stereocenters. The number of fused-ring (bicyclic) bond motifs is 3. The predicted octanol–water partition coefficient (Wildman–Crippen LogP) is 3.75.